The van der Waals surface area contributed by atoms with Gasteiger partial charge < -0.3 is 15.7 Å². The molecule has 2 aromatic rings. The van der Waals surface area contributed by atoms with E-state index in [-0.39, 0.29) is 24.6 Å². The van der Waals surface area contributed by atoms with Gasteiger partial charge in [0.2, 0.25) is 0 Å². The van der Waals surface area contributed by atoms with Crippen molar-refractivity contribution in [3.63, 3.8) is 0 Å². The number of aromatic amines is 1. The lowest BCUT2D eigenvalue weighted by Gasteiger charge is -2.30. The lowest BCUT2D eigenvalue weighted by Crippen LogP contribution is -2.46. The normalized spacial score (nSPS) is 28.0. The molecule has 0 radical (unpaired) electrons. The molecule has 0 aromatic carbocycles. The van der Waals surface area contributed by atoms with Crippen molar-refractivity contribution in [2.45, 2.75) is 25.3 Å². The van der Waals surface area contributed by atoms with Gasteiger partial charge in [-0.15, -0.1) is 0 Å². The predicted molar refractivity (Wildman–Crippen MR) is 89.2 cm³/mol. The molecule has 2 amide bonds. The monoisotopic (exact) mass is 327 g/mol. The van der Waals surface area contributed by atoms with Crippen LogP contribution in [0.15, 0.2) is 30.6 Å². The highest BCUT2D eigenvalue weighted by Gasteiger charge is 2.47. The molecule has 7 heteroatoms. The van der Waals surface area contributed by atoms with Crippen molar-refractivity contribution in [2.24, 2.45) is 17.8 Å². The predicted octanol–water partition coefficient (Wildman–Crippen LogP) is 2.00. The molecule has 2 saturated carbocycles. The fraction of sp³-hybridized carbons (Fsp3) is 0.471. The molecule has 4 rings (SSSR count). The maximum Gasteiger partial charge on any atom is 0.319 e. The molecule has 24 heavy (non-hydrogen) atoms. The summed E-state index contributed by atoms with van der Waals surface area (Å²) in [5.41, 5.74) is 1.99. The van der Waals surface area contributed by atoms with Crippen molar-refractivity contribution in [1.29, 1.82) is 0 Å². The number of aliphatic hydroxyl groups is 1. The zero-order valence-electron chi connectivity index (χ0n) is 13.3. The number of nitrogens with zero attached hydrogens (tertiary/aromatic N) is 2. The Balaban J connectivity index is 1.45. The Morgan fingerprint density at radius 2 is 2.21 bits per heavy atom. The van der Waals surface area contributed by atoms with Crippen molar-refractivity contribution >= 4 is 11.7 Å². The van der Waals surface area contributed by atoms with Gasteiger partial charge in [-0.3, -0.25) is 10.1 Å². The van der Waals surface area contributed by atoms with Crippen molar-refractivity contribution in [3.05, 3.63) is 30.6 Å². The zero-order chi connectivity index (χ0) is 16.5. The number of H-pyrrole nitrogens is 1. The molecule has 2 bridgehead atoms. The Bertz CT molecular complexity index is 717. The third-order valence-corrected chi connectivity index (χ3v) is 5.41. The molecule has 0 aliphatic heterocycles. The highest BCUT2D eigenvalue weighted by atomic mass is 16.3. The number of carbonyl (C=O) groups excluding carboxylic acids is 1. The van der Waals surface area contributed by atoms with Crippen LogP contribution in [-0.4, -0.2) is 39.0 Å². The molecule has 2 fully saturated rings. The molecular formula is C17H21N5O2. The summed E-state index contributed by atoms with van der Waals surface area (Å²) in [5.74, 6) is 1.20. The number of hydrogen-bond acceptors (Lipinski definition) is 4. The lowest BCUT2D eigenvalue weighted by atomic mass is 9.85. The first-order valence-electron chi connectivity index (χ1n) is 8.39. The van der Waals surface area contributed by atoms with E-state index in [1.807, 2.05) is 18.2 Å². The van der Waals surface area contributed by atoms with Gasteiger partial charge in [0.1, 0.15) is 5.69 Å². The Morgan fingerprint density at radius 1 is 1.33 bits per heavy atom. The van der Waals surface area contributed by atoms with E-state index in [1.165, 1.54) is 6.42 Å². The number of fused-ring (bicyclic) bond motifs is 2. The van der Waals surface area contributed by atoms with E-state index in [0.717, 1.165) is 18.5 Å². The van der Waals surface area contributed by atoms with Gasteiger partial charge >= 0.3 is 6.03 Å². The maximum absolute atomic E-state index is 12.4. The zero-order valence-corrected chi connectivity index (χ0v) is 13.3. The molecule has 4 N–H and O–H groups in total. The Morgan fingerprint density at radius 3 is 3.00 bits per heavy atom. The summed E-state index contributed by atoms with van der Waals surface area (Å²) in [6, 6.07) is 5.37. The van der Waals surface area contributed by atoms with E-state index in [1.54, 1.807) is 12.4 Å². The summed E-state index contributed by atoms with van der Waals surface area (Å²) in [7, 11) is 0. The minimum Gasteiger partial charge on any atom is -0.396 e. The van der Waals surface area contributed by atoms with Gasteiger partial charge in [0.15, 0.2) is 0 Å². The summed E-state index contributed by atoms with van der Waals surface area (Å²) in [6.07, 6.45) is 6.69. The number of rotatable bonds is 4. The first kappa shape index (κ1) is 15.1. The second-order valence-corrected chi connectivity index (χ2v) is 6.68. The van der Waals surface area contributed by atoms with Crippen LogP contribution in [0, 0.1) is 17.8 Å². The summed E-state index contributed by atoms with van der Waals surface area (Å²) < 4.78 is 0. The Kier molecular flexibility index (Phi) is 3.93. The highest BCUT2D eigenvalue weighted by molar-refractivity contribution is 5.93. The number of pyridine rings is 1. The van der Waals surface area contributed by atoms with Crippen LogP contribution in [0.5, 0.6) is 0 Å². The molecule has 4 atom stereocenters. The third kappa shape index (κ3) is 2.65. The second kappa shape index (κ2) is 6.24. The summed E-state index contributed by atoms with van der Waals surface area (Å²) in [5, 5.41) is 22.4. The first-order chi connectivity index (χ1) is 11.8. The second-order valence-electron chi connectivity index (χ2n) is 6.68. The number of amides is 2. The van der Waals surface area contributed by atoms with Crippen LogP contribution in [0.3, 0.4) is 0 Å². The minimum absolute atomic E-state index is 0.0546. The van der Waals surface area contributed by atoms with Crippen molar-refractivity contribution in [2.75, 3.05) is 11.9 Å². The van der Waals surface area contributed by atoms with Gasteiger partial charge in [-0.25, -0.2) is 4.79 Å². The van der Waals surface area contributed by atoms with Crippen LogP contribution in [0.2, 0.25) is 0 Å². The number of carbonyl (C=O) groups is 1. The van der Waals surface area contributed by atoms with Gasteiger partial charge in [-0.1, -0.05) is 6.07 Å². The fourth-order valence-corrected chi connectivity index (χ4v) is 4.29. The van der Waals surface area contributed by atoms with Gasteiger partial charge in [0.25, 0.3) is 0 Å². The summed E-state index contributed by atoms with van der Waals surface area (Å²) in [4.78, 5) is 16.7. The van der Waals surface area contributed by atoms with E-state index in [0.29, 0.717) is 23.2 Å². The average molecular weight is 327 g/mol. The number of anilines is 1. The number of nitrogens with one attached hydrogen (secondary N) is 3. The topological polar surface area (TPSA) is 103 Å². The lowest BCUT2D eigenvalue weighted by molar-refractivity contribution is 0.146. The largest absolute Gasteiger partial charge is 0.396 e. The van der Waals surface area contributed by atoms with Crippen LogP contribution in [0.1, 0.15) is 19.3 Å². The molecule has 0 spiro atoms. The number of aliphatic hydroxyl groups excluding tert-OH is 1. The van der Waals surface area contributed by atoms with Crippen LogP contribution >= 0.6 is 0 Å². The molecule has 2 aliphatic carbocycles. The molecule has 2 aliphatic rings. The quantitative estimate of drug-likeness (QED) is 0.689. The average Bonchev–Trinajstić information content (AvgIpc) is 3.31. The van der Waals surface area contributed by atoms with Gasteiger partial charge in [0.05, 0.1) is 17.6 Å². The van der Waals surface area contributed by atoms with E-state index in [4.69, 9.17) is 0 Å². The molecule has 7 nitrogen and oxygen atoms in total. The van der Waals surface area contributed by atoms with Crippen molar-refractivity contribution < 1.29 is 9.90 Å². The summed E-state index contributed by atoms with van der Waals surface area (Å²) >= 11 is 0. The third-order valence-electron chi connectivity index (χ3n) is 5.41. The fourth-order valence-electron chi connectivity index (χ4n) is 4.29. The van der Waals surface area contributed by atoms with Gasteiger partial charge in [-0.05, 0) is 43.2 Å². The SMILES string of the molecule is O=C(Nc1cn[nH]c1-c1ccccn1)NC1C2CCC(C2)C1CO. The Hall–Kier alpha value is -2.41. The van der Waals surface area contributed by atoms with E-state index < -0.39 is 0 Å². The van der Waals surface area contributed by atoms with E-state index >= 15 is 0 Å². The maximum atomic E-state index is 12.4. The van der Waals surface area contributed by atoms with Crippen molar-refractivity contribution in [3.8, 4) is 11.4 Å². The summed E-state index contributed by atoms with van der Waals surface area (Å²) in [6.45, 7) is 0.136. The minimum atomic E-state index is -0.260. The number of urea groups is 1. The standard InChI is InChI=1S/C17H21N5O2/c23-9-12-10-4-5-11(7-10)15(12)21-17(24)20-14-8-19-22-16(14)13-3-1-2-6-18-13/h1-3,6,8,10-12,15,23H,4-5,7,9H2,(H,19,22)(H2,20,21,24). The Labute approximate surface area is 139 Å². The van der Waals surface area contributed by atoms with Crippen molar-refractivity contribution in [1.82, 2.24) is 20.5 Å². The number of hydrogen-bond donors (Lipinski definition) is 4. The van der Waals surface area contributed by atoms with E-state index in [2.05, 4.69) is 25.8 Å². The number of aromatic nitrogens is 3. The van der Waals surface area contributed by atoms with Crippen LogP contribution in [0.4, 0.5) is 10.5 Å². The van der Waals surface area contributed by atoms with Crippen LogP contribution < -0.4 is 10.6 Å². The molecule has 126 valence electrons. The van der Waals surface area contributed by atoms with Crippen LogP contribution in [0.25, 0.3) is 11.4 Å². The molecular weight excluding hydrogens is 306 g/mol. The molecule has 2 heterocycles. The highest BCUT2D eigenvalue weighted by Crippen LogP contribution is 2.48. The first-order valence-corrected chi connectivity index (χ1v) is 8.39. The van der Waals surface area contributed by atoms with Crippen LogP contribution in [-0.2, 0) is 0 Å². The molecule has 0 saturated heterocycles. The van der Waals surface area contributed by atoms with Gasteiger partial charge in [0, 0.05) is 24.8 Å². The molecule has 2 aromatic heterocycles. The molecule has 4 unspecified atom stereocenters. The smallest absolute Gasteiger partial charge is 0.319 e. The van der Waals surface area contributed by atoms with E-state index in [9.17, 15) is 9.90 Å². The van der Waals surface area contributed by atoms with Gasteiger partial charge in [-0.2, -0.15) is 5.10 Å².